The second-order valence-electron chi connectivity index (χ2n) is 7.77. The average molecular weight is 447 g/mol. The number of aromatic nitrogens is 4. The Morgan fingerprint density at radius 1 is 1.17 bits per heavy atom. The first-order chi connectivity index (χ1) is 13.5. The van der Waals surface area contributed by atoms with E-state index in [0.717, 1.165) is 18.2 Å². The van der Waals surface area contributed by atoms with E-state index < -0.39 is 25.6 Å². The normalized spacial score (nSPS) is 12.7. The van der Waals surface area contributed by atoms with Crippen LogP contribution in [0.3, 0.4) is 0 Å². The number of imidazole rings is 1. The van der Waals surface area contributed by atoms with Crippen LogP contribution >= 0.6 is 11.6 Å². The summed E-state index contributed by atoms with van der Waals surface area (Å²) in [5.74, 6) is -1.07. The van der Waals surface area contributed by atoms with Crippen LogP contribution in [0.4, 0.5) is 17.6 Å². The highest BCUT2D eigenvalue weighted by molar-refractivity contribution is 6.76. The van der Waals surface area contributed by atoms with E-state index in [2.05, 4.69) is 34.6 Å². The zero-order valence-corrected chi connectivity index (χ0v) is 17.8. The lowest BCUT2D eigenvalue weighted by molar-refractivity contribution is -0.137. The van der Waals surface area contributed by atoms with Crippen molar-refractivity contribution in [2.45, 2.75) is 38.6 Å². The molecule has 11 heteroatoms. The molecule has 0 radical (unpaired) electrons. The third-order valence-electron chi connectivity index (χ3n) is 4.21. The fourth-order valence-corrected chi connectivity index (χ4v) is 3.55. The molecule has 0 unspecified atom stereocenters. The Morgan fingerprint density at radius 3 is 2.52 bits per heavy atom. The van der Waals surface area contributed by atoms with Crippen LogP contribution in [-0.4, -0.2) is 34.2 Å². The summed E-state index contributed by atoms with van der Waals surface area (Å²) in [5.41, 5.74) is -0.671. The second kappa shape index (κ2) is 8.00. The second-order valence-corrected chi connectivity index (χ2v) is 13.7. The predicted octanol–water partition coefficient (Wildman–Crippen LogP) is 5.62. The largest absolute Gasteiger partial charge is 0.416 e. The Kier molecular flexibility index (Phi) is 5.97. The predicted molar refractivity (Wildman–Crippen MR) is 105 cm³/mol. The molecule has 0 bridgehead atoms. The van der Waals surface area contributed by atoms with Gasteiger partial charge in [-0.2, -0.15) is 18.2 Å². The van der Waals surface area contributed by atoms with Crippen molar-refractivity contribution >= 4 is 30.8 Å². The van der Waals surface area contributed by atoms with Gasteiger partial charge in [-0.3, -0.25) is 4.57 Å². The van der Waals surface area contributed by atoms with Crippen molar-refractivity contribution in [1.29, 1.82) is 0 Å². The summed E-state index contributed by atoms with van der Waals surface area (Å²) in [6.07, 6.45) is -3.19. The van der Waals surface area contributed by atoms with Gasteiger partial charge in [-0.15, -0.1) is 0 Å². The Balaban J connectivity index is 1.93. The first-order valence-corrected chi connectivity index (χ1v) is 12.9. The number of alkyl halides is 3. The minimum absolute atomic E-state index is 0.0204. The Labute approximate surface area is 170 Å². The molecule has 0 aliphatic rings. The number of rotatable bonds is 6. The smallest absolute Gasteiger partial charge is 0.361 e. The van der Waals surface area contributed by atoms with Gasteiger partial charge in [0, 0.05) is 20.2 Å². The van der Waals surface area contributed by atoms with E-state index in [0.29, 0.717) is 18.3 Å². The molecule has 0 atom stereocenters. The monoisotopic (exact) mass is 446 g/mol. The number of benzene rings is 1. The van der Waals surface area contributed by atoms with Crippen LogP contribution in [-0.2, 0) is 17.6 Å². The standard InChI is InChI=1S/C18H19ClF4N4OSi/c1-29(2,3)7-6-28-10-27-9-24-15-14(25-17(19)26-16(15)27)12-5-4-11(8-13(12)20)18(21,22)23/h4-5,8-9H,6-7,10H2,1-3H3. The topological polar surface area (TPSA) is 52.8 Å². The lowest BCUT2D eigenvalue weighted by Gasteiger charge is -2.15. The van der Waals surface area contributed by atoms with Gasteiger partial charge in [0.1, 0.15) is 23.8 Å². The highest BCUT2D eigenvalue weighted by atomic mass is 35.5. The summed E-state index contributed by atoms with van der Waals surface area (Å²) in [6, 6.07) is 3.21. The van der Waals surface area contributed by atoms with Crippen molar-refractivity contribution < 1.29 is 22.3 Å². The SMILES string of the molecule is C[Si](C)(C)CCOCn1cnc2c(-c3ccc(C(F)(F)F)cc3F)nc(Cl)nc21. The molecule has 29 heavy (non-hydrogen) atoms. The molecule has 0 amide bonds. The molecule has 1 aromatic carbocycles. The van der Waals surface area contributed by atoms with Crippen molar-refractivity contribution in [2.24, 2.45) is 0 Å². The maximum absolute atomic E-state index is 14.4. The van der Waals surface area contributed by atoms with E-state index in [4.69, 9.17) is 16.3 Å². The molecule has 2 heterocycles. The molecular formula is C18H19ClF4N4OSi. The molecule has 5 nitrogen and oxygen atoms in total. The average Bonchev–Trinajstić information content (AvgIpc) is 2.99. The summed E-state index contributed by atoms with van der Waals surface area (Å²) in [5, 5.41) is -0.171. The van der Waals surface area contributed by atoms with E-state index in [1.165, 1.54) is 6.33 Å². The Hall–Kier alpha value is -2.04. The van der Waals surface area contributed by atoms with Crippen molar-refractivity contribution in [3.63, 3.8) is 0 Å². The number of ether oxygens (including phenoxy) is 1. The Bertz CT molecular complexity index is 1030. The number of fused-ring (bicyclic) bond motifs is 1. The van der Waals surface area contributed by atoms with Crippen LogP contribution < -0.4 is 0 Å². The van der Waals surface area contributed by atoms with Crippen LogP contribution in [0.5, 0.6) is 0 Å². The molecule has 3 aromatic rings. The summed E-state index contributed by atoms with van der Waals surface area (Å²) in [6.45, 7) is 7.46. The molecule has 0 spiro atoms. The van der Waals surface area contributed by atoms with Gasteiger partial charge in [0.05, 0.1) is 11.9 Å². The van der Waals surface area contributed by atoms with Crippen LogP contribution in [0.2, 0.25) is 31.0 Å². The van der Waals surface area contributed by atoms with Gasteiger partial charge in [0.2, 0.25) is 5.28 Å². The summed E-state index contributed by atoms with van der Waals surface area (Å²) in [4.78, 5) is 12.3. The number of hydrogen-bond donors (Lipinski definition) is 0. The molecule has 0 aliphatic carbocycles. The molecule has 0 saturated carbocycles. The highest BCUT2D eigenvalue weighted by Gasteiger charge is 2.31. The number of nitrogens with zero attached hydrogens (tertiary/aromatic N) is 4. The van der Waals surface area contributed by atoms with Gasteiger partial charge in [0.15, 0.2) is 5.65 Å². The zero-order chi connectivity index (χ0) is 21.4. The first-order valence-electron chi connectivity index (χ1n) is 8.79. The molecule has 0 N–H and O–H groups in total. The molecule has 0 aliphatic heterocycles. The van der Waals surface area contributed by atoms with Crippen LogP contribution in [0, 0.1) is 5.82 Å². The molecule has 0 fully saturated rings. The number of halogens is 5. The van der Waals surface area contributed by atoms with E-state index in [1.807, 2.05) is 0 Å². The van der Waals surface area contributed by atoms with E-state index in [-0.39, 0.29) is 28.8 Å². The lowest BCUT2D eigenvalue weighted by Crippen LogP contribution is -2.22. The van der Waals surface area contributed by atoms with Crippen molar-refractivity contribution in [3.8, 4) is 11.3 Å². The van der Waals surface area contributed by atoms with Gasteiger partial charge in [-0.25, -0.2) is 14.4 Å². The molecule has 156 valence electrons. The van der Waals surface area contributed by atoms with Crippen LogP contribution in [0.15, 0.2) is 24.5 Å². The third kappa shape index (κ3) is 5.12. The molecule has 2 aromatic heterocycles. The summed E-state index contributed by atoms with van der Waals surface area (Å²) < 4.78 is 60.1. The van der Waals surface area contributed by atoms with Crippen LogP contribution in [0.1, 0.15) is 5.56 Å². The first kappa shape index (κ1) is 21.7. The molecule has 0 saturated heterocycles. The third-order valence-corrected chi connectivity index (χ3v) is 6.09. The molecule has 3 rings (SSSR count). The number of hydrogen-bond acceptors (Lipinski definition) is 4. The van der Waals surface area contributed by atoms with Gasteiger partial charge in [-0.05, 0) is 35.8 Å². The quantitative estimate of drug-likeness (QED) is 0.213. The highest BCUT2D eigenvalue weighted by Crippen LogP contribution is 2.34. The van der Waals surface area contributed by atoms with Gasteiger partial charge >= 0.3 is 6.18 Å². The fraction of sp³-hybridized carbons (Fsp3) is 0.389. The lowest BCUT2D eigenvalue weighted by atomic mass is 10.1. The fourth-order valence-electron chi connectivity index (χ4n) is 2.62. The maximum Gasteiger partial charge on any atom is 0.416 e. The summed E-state index contributed by atoms with van der Waals surface area (Å²) >= 11 is 5.98. The van der Waals surface area contributed by atoms with E-state index in [1.54, 1.807) is 4.57 Å². The van der Waals surface area contributed by atoms with Crippen molar-refractivity contribution in [1.82, 2.24) is 19.5 Å². The minimum Gasteiger partial charge on any atom is -0.361 e. The summed E-state index contributed by atoms with van der Waals surface area (Å²) in [7, 11) is -1.24. The molecular weight excluding hydrogens is 428 g/mol. The van der Waals surface area contributed by atoms with Gasteiger partial charge in [-0.1, -0.05) is 19.6 Å². The van der Waals surface area contributed by atoms with Crippen molar-refractivity contribution in [2.75, 3.05) is 6.61 Å². The zero-order valence-electron chi connectivity index (χ0n) is 16.0. The van der Waals surface area contributed by atoms with Crippen LogP contribution in [0.25, 0.3) is 22.4 Å². The van der Waals surface area contributed by atoms with E-state index >= 15 is 0 Å². The van der Waals surface area contributed by atoms with Gasteiger partial charge < -0.3 is 4.74 Å². The van der Waals surface area contributed by atoms with E-state index in [9.17, 15) is 17.6 Å². The minimum atomic E-state index is -4.65. The maximum atomic E-state index is 14.4. The van der Waals surface area contributed by atoms with Crippen molar-refractivity contribution in [3.05, 3.63) is 41.2 Å². The van der Waals surface area contributed by atoms with Gasteiger partial charge in [0.25, 0.3) is 0 Å². The Morgan fingerprint density at radius 2 is 1.90 bits per heavy atom.